The highest BCUT2D eigenvalue weighted by Crippen LogP contribution is 2.24. The molecule has 5 N–H and O–H groups in total. The SMILES string of the molecule is C=CNc1cnc(NC2CCC(O)CC2)nc1C(N)=Nc1cc(C(=O)N(C)C)ccc1C. The molecule has 1 aromatic carbocycles. The molecule has 0 spiro atoms. The van der Waals surface area contributed by atoms with Crippen LogP contribution in [0.4, 0.5) is 17.3 Å². The standard InChI is InChI=1S/C23H31N7O2/c1-5-25-19-13-26-23(27-16-8-10-17(31)11-9-16)29-20(19)21(24)28-18-12-15(7-6-14(18)2)22(32)30(3)4/h5-7,12-13,16-17,25,31H,1,8-11H2,2-4H3,(H2,24,28)(H,26,27,29). The van der Waals surface area contributed by atoms with Gasteiger partial charge in [0.2, 0.25) is 5.95 Å². The lowest BCUT2D eigenvalue weighted by Gasteiger charge is -2.26. The maximum atomic E-state index is 12.3. The second kappa shape index (κ2) is 10.2. The summed E-state index contributed by atoms with van der Waals surface area (Å²) in [4.78, 5) is 27.4. The number of carbonyl (C=O) groups is 1. The second-order valence-electron chi connectivity index (χ2n) is 8.15. The van der Waals surface area contributed by atoms with Gasteiger partial charge in [0.25, 0.3) is 5.91 Å². The zero-order valence-corrected chi connectivity index (χ0v) is 18.8. The summed E-state index contributed by atoms with van der Waals surface area (Å²) in [5, 5.41) is 16.0. The van der Waals surface area contributed by atoms with Crippen molar-refractivity contribution in [1.82, 2.24) is 14.9 Å². The zero-order valence-electron chi connectivity index (χ0n) is 18.8. The normalized spacial score (nSPS) is 18.7. The molecule has 1 aromatic heterocycles. The molecule has 1 fully saturated rings. The number of anilines is 2. The van der Waals surface area contributed by atoms with Crippen molar-refractivity contribution in [3.63, 3.8) is 0 Å². The molecule has 0 saturated heterocycles. The van der Waals surface area contributed by atoms with E-state index in [2.05, 4.69) is 32.2 Å². The molecule has 170 valence electrons. The van der Waals surface area contributed by atoms with Gasteiger partial charge in [-0.3, -0.25) is 4.79 Å². The van der Waals surface area contributed by atoms with Gasteiger partial charge in [0.05, 0.1) is 23.7 Å². The maximum Gasteiger partial charge on any atom is 0.253 e. The van der Waals surface area contributed by atoms with E-state index in [1.54, 1.807) is 32.4 Å². The first-order valence-electron chi connectivity index (χ1n) is 10.6. The first kappa shape index (κ1) is 23.2. The highest BCUT2D eigenvalue weighted by atomic mass is 16.3. The number of hydrogen-bond donors (Lipinski definition) is 4. The van der Waals surface area contributed by atoms with Crippen molar-refractivity contribution in [1.29, 1.82) is 0 Å². The minimum atomic E-state index is -0.232. The number of amides is 1. The maximum absolute atomic E-state index is 12.3. The fraction of sp³-hybridized carbons (Fsp3) is 0.391. The van der Waals surface area contributed by atoms with Crippen LogP contribution in [0.3, 0.4) is 0 Å². The van der Waals surface area contributed by atoms with Gasteiger partial charge in [-0.2, -0.15) is 0 Å². The van der Waals surface area contributed by atoms with E-state index in [1.165, 1.54) is 11.1 Å². The summed E-state index contributed by atoms with van der Waals surface area (Å²) >= 11 is 0. The van der Waals surface area contributed by atoms with Crippen molar-refractivity contribution >= 4 is 29.1 Å². The van der Waals surface area contributed by atoms with E-state index in [4.69, 9.17) is 5.73 Å². The fourth-order valence-corrected chi connectivity index (χ4v) is 3.57. The Morgan fingerprint density at radius 3 is 2.69 bits per heavy atom. The smallest absolute Gasteiger partial charge is 0.253 e. The molecule has 9 heteroatoms. The average Bonchev–Trinajstić information content (AvgIpc) is 2.77. The third-order valence-electron chi connectivity index (χ3n) is 5.42. The zero-order chi connectivity index (χ0) is 23.3. The van der Waals surface area contributed by atoms with E-state index in [0.29, 0.717) is 28.6 Å². The Balaban J connectivity index is 1.92. The molecule has 2 aromatic rings. The van der Waals surface area contributed by atoms with Crippen LogP contribution in [0.2, 0.25) is 0 Å². The van der Waals surface area contributed by atoms with E-state index >= 15 is 0 Å². The minimum Gasteiger partial charge on any atom is -0.393 e. The van der Waals surface area contributed by atoms with Crippen molar-refractivity contribution in [2.45, 2.75) is 44.8 Å². The average molecular weight is 438 g/mol. The number of nitrogens with zero attached hydrogens (tertiary/aromatic N) is 4. The molecule has 1 aliphatic carbocycles. The summed E-state index contributed by atoms with van der Waals surface area (Å²) in [6, 6.07) is 5.53. The number of amidine groups is 1. The van der Waals surface area contributed by atoms with Crippen molar-refractivity contribution < 1.29 is 9.90 Å². The van der Waals surface area contributed by atoms with Gasteiger partial charge in [0.15, 0.2) is 5.84 Å². The summed E-state index contributed by atoms with van der Waals surface area (Å²) in [5.74, 6) is 0.527. The Hall–Kier alpha value is -3.46. The summed E-state index contributed by atoms with van der Waals surface area (Å²) in [5.41, 5.74) is 9.37. The van der Waals surface area contributed by atoms with Crippen molar-refractivity contribution in [2.75, 3.05) is 24.7 Å². The van der Waals surface area contributed by atoms with E-state index < -0.39 is 0 Å². The number of aryl methyl sites for hydroxylation is 1. The van der Waals surface area contributed by atoms with Crippen LogP contribution in [0.25, 0.3) is 0 Å². The predicted octanol–water partition coefficient (Wildman–Crippen LogP) is 2.79. The largest absolute Gasteiger partial charge is 0.393 e. The van der Waals surface area contributed by atoms with Crippen molar-refractivity contribution in [3.8, 4) is 0 Å². The number of nitrogens with one attached hydrogen (secondary N) is 2. The van der Waals surface area contributed by atoms with Gasteiger partial charge in [-0.25, -0.2) is 15.0 Å². The molecular formula is C23H31N7O2. The van der Waals surface area contributed by atoms with Crippen LogP contribution >= 0.6 is 0 Å². The molecule has 0 unspecified atom stereocenters. The van der Waals surface area contributed by atoms with Crippen LogP contribution < -0.4 is 16.4 Å². The molecule has 1 heterocycles. The van der Waals surface area contributed by atoms with Crippen LogP contribution in [0.5, 0.6) is 0 Å². The molecule has 1 amide bonds. The minimum absolute atomic E-state index is 0.111. The molecule has 1 saturated carbocycles. The van der Waals surface area contributed by atoms with Crippen LogP contribution in [-0.4, -0.2) is 58.0 Å². The Morgan fingerprint density at radius 2 is 2.03 bits per heavy atom. The number of rotatable bonds is 7. The molecule has 9 nitrogen and oxygen atoms in total. The molecular weight excluding hydrogens is 406 g/mol. The first-order valence-corrected chi connectivity index (χ1v) is 10.6. The number of nitrogens with two attached hydrogens (primary N) is 1. The Labute approximate surface area is 188 Å². The number of aliphatic hydroxyl groups is 1. The molecule has 1 aliphatic rings. The molecule has 32 heavy (non-hydrogen) atoms. The van der Waals surface area contributed by atoms with Crippen molar-refractivity contribution in [3.05, 3.63) is 54.0 Å². The van der Waals surface area contributed by atoms with E-state index in [9.17, 15) is 9.90 Å². The third-order valence-corrected chi connectivity index (χ3v) is 5.42. The summed E-state index contributed by atoms with van der Waals surface area (Å²) in [7, 11) is 3.41. The van der Waals surface area contributed by atoms with Crippen LogP contribution in [0, 0.1) is 6.92 Å². The van der Waals surface area contributed by atoms with Gasteiger partial charge in [-0.1, -0.05) is 12.6 Å². The van der Waals surface area contributed by atoms with Crippen molar-refractivity contribution in [2.24, 2.45) is 10.7 Å². The number of aliphatic imine (C=N–C) groups is 1. The number of aromatic nitrogens is 2. The predicted molar refractivity (Wildman–Crippen MR) is 127 cm³/mol. The fourth-order valence-electron chi connectivity index (χ4n) is 3.57. The van der Waals surface area contributed by atoms with Crippen LogP contribution in [0.15, 0.2) is 42.2 Å². The Kier molecular flexibility index (Phi) is 7.42. The van der Waals surface area contributed by atoms with Crippen LogP contribution in [-0.2, 0) is 0 Å². The van der Waals surface area contributed by atoms with E-state index in [1.807, 2.05) is 13.0 Å². The number of benzene rings is 1. The number of carbonyl (C=O) groups excluding carboxylic acids is 1. The molecule has 0 atom stereocenters. The number of hydrogen-bond acceptors (Lipinski definition) is 7. The highest BCUT2D eigenvalue weighted by molar-refractivity contribution is 6.02. The molecule has 0 aliphatic heterocycles. The monoisotopic (exact) mass is 437 g/mol. The molecule has 3 rings (SSSR count). The van der Waals surface area contributed by atoms with E-state index in [-0.39, 0.29) is 23.9 Å². The van der Waals surface area contributed by atoms with Gasteiger partial charge in [-0.15, -0.1) is 0 Å². The van der Waals surface area contributed by atoms with Gasteiger partial charge < -0.3 is 26.4 Å². The Bertz CT molecular complexity index is 1010. The van der Waals surface area contributed by atoms with Gasteiger partial charge in [0.1, 0.15) is 5.69 Å². The summed E-state index contributed by atoms with van der Waals surface area (Å²) < 4.78 is 0. The first-order chi connectivity index (χ1) is 15.3. The topological polar surface area (TPSA) is 129 Å². The van der Waals surface area contributed by atoms with E-state index in [0.717, 1.165) is 31.2 Å². The summed E-state index contributed by atoms with van der Waals surface area (Å²) in [6.07, 6.45) is 6.13. The lowest BCUT2D eigenvalue weighted by Crippen LogP contribution is -2.29. The lowest BCUT2D eigenvalue weighted by atomic mass is 9.93. The summed E-state index contributed by atoms with van der Waals surface area (Å²) in [6.45, 7) is 5.60. The third kappa shape index (κ3) is 5.61. The Morgan fingerprint density at radius 1 is 1.31 bits per heavy atom. The quantitative estimate of drug-likeness (QED) is 0.387. The van der Waals surface area contributed by atoms with Gasteiger partial charge >= 0.3 is 0 Å². The second-order valence-corrected chi connectivity index (χ2v) is 8.15. The van der Waals surface area contributed by atoms with Crippen LogP contribution in [0.1, 0.15) is 47.3 Å². The lowest BCUT2D eigenvalue weighted by molar-refractivity contribution is 0.0827. The molecule has 0 bridgehead atoms. The van der Waals surface area contributed by atoms with Gasteiger partial charge in [-0.05, 0) is 56.5 Å². The molecule has 0 radical (unpaired) electrons. The van der Waals surface area contributed by atoms with Gasteiger partial charge in [0, 0.05) is 25.7 Å². The number of aliphatic hydroxyl groups excluding tert-OH is 1. The highest BCUT2D eigenvalue weighted by Gasteiger charge is 2.21.